The number of rotatable bonds is 4. The van der Waals surface area contributed by atoms with Gasteiger partial charge in [0.25, 0.3) is 0 Å². The van der Waals surface area contributed by atoms with Crippen molar-refractivity contribution in [2.24, 2.45) is 0 Å². The number of amides is 1. The summed E-state index contributed by atoms with van der Waals surface area (Å²) in [5.41, 5.74) is 0.105. The Morgan fingerprint density at radius 3 is 2.50 bits per heavy atom. The number of carbonyl (C=O) groups is 1. The highest BCUT2D eigenvalue weighted by molar-refractivity contribution is 7.89. The second-order valence-corrected chi connectivity index (χ2v) is 8.54. The molecule has 2 aliphatic rings. The quantitative estimate of drug-likeness (QED) is 0.818. The summed E-state index contributed by atoms with van der Waals surface area (Å²) in [6.45, 7) is 0.462. The Kier molecular flexibility index (Phi) is 4.06. The molecule has 1 amide bonds. The smallest absolute Gasteiger partial charge is 0.249 e. The van der Waals surface area contributed by atoms with Crippen molar-refractivity contribution in [1.82, 2.24) is 9.37 Å². The molecule has 0 atom stereocenters. The van der Waals surface area contributed by atoms with Crippen molar-refractivity contribution in [2.45, 2.75) is 23.5 Å². The van der Waals surface area contributed by atoms with Crippen LogP contribution in [0.1, 0.15) is 12.0 Å². The summed E-state index contributed by atoms with van der Waals surface area (Å²) in [4.78, 5) is 17.9. The van der Waals surface area contributed by atoms with Crippen LogP contribution in [-0.2, 0) is 26.2 Å². The Balaban J connectivity index is 1.45. The van der Waals surface area contributed by atoms with Gasteiger partial charge in [0.05, 0.1) is 17.9 Å². The first-order valence-electron chi connectivity index (χ1n) is 8.17. The van der Waals surface area contributed by atoms with E-state index in [-0.39, 0.29) is 30.3 Å². The molecule has 4 rings (SSSR count). The predicted molar refractivity (Wildman–Crippen MR) is 90.6 cm³/mol. The SMILES string of the molecule is O=C1CC2(CN(S(=O)(=O)c3cccc(F)c3)C2)ON1Cc1ccccc1. The van der Waals surface area contributed by atoms with Gasteiger partial charge in [-0.1, -0.05) is 36.4 Å². The molecule has 136 valence electrons. The fourth-order valence-corrected chi connectivity index (χ4v) is 4.88. The van der Waals surface area contributed by atoms with E-state index in [0.717, 1.165) is 11.6 Å². The molecule has 1 spiro atoms. The van der Waals surface area contributed by atoms with Gasteiger partial charge < -0.3 is 0 Å². The largest absolute Gasteiger partial charge is 0.272 e. The van der Waals surface area contributed by atoms with Crippen molar-refractivity contribution in [3.05, 3.63) is 66.0 Å². The molecule has 0 radical (unpaired) electrons. The van der Waals surface area contributed by atoms with Crippen molar-refractivity contribution in [2.75, 3.05) is 13.1 Å². The summed E-state index contributed by atoms with van der Waals surface area (Å²) < 4.78 is 39.7. The van der Waals surface area contributed by atoms with E-state index in [0.29, 0.717) is 6.54 Å². The minimum absolute atomic E-state index is 0.0723. The Labute approximate surface area is 150 Å². The zero-order valence-corrected chi connectivity index (χ0v) is 14.7. The van der Waals surface area contributed by atoms with Crippen molar-refractivity contribution < 1.29 is 22.4 Å². The van der Waals surface area contributed by atoms with Crippen molar-refractivity contribution >= 4 is 15.9 Å². The number of carbonyl (C=O) groups excluding carboxylic acids is 1. The van der Waals surface area contributed by atoms with Crippen molar-refractivity contribution in [3.63, 3.8) is 0 Å². The normalized spacial score (nSPS) is 19.7. The maximum absolute atomic E-state index is 13.3. The van der Waals surface area contributed by atoms with Crippen LogP contribution in [-0.4, -0.2) is 42.4 Å². The number of sulfonamides is 1. The van der Waals surface area contributed by atoms with E-state index in [1.807, 2.05) is 30.3 Å². The molecule has 0 saturated carbocycles. The second kappa shape index (κ2) is 6.15. The number of hydrogen-bond donors (Lipinski definition) is 0. The van der Waals surface area contributed by atoms with Crippen LogP contribution in [0.4, 0.5) is 4.39 Å². The van der Waals surface area contributed by atoms with Gasteiger partial charge in [-0.05, 0) is 23.8 Å². The minimum atomic E-state index is -3.80. The zero-order chi connectivity index (χ0) is 18.4. The maximum Gasteiger partial charge on any atom is 0.249 e. The predicted octanol–water partition coefficient (Wildman–Crippen LogP) is 1.93. The van der Waals surface area contributed by atoms with Crippen LogP contribution < -0.4 is 0 Å². The monoisotopic (exact) mass is 376 g/mol. The number of hydrogen-bond acceptors (Lipinski definition) is 4. The average Bonchev–Trinajstić information content (AvgIpc) is 2.91. The molecule has 26 heavy (non-hydrogen) atoms. The van der Waals surface area contributed by atoms with Crippen molar-refractivity contribution in [3.8, 4) is 0 Å². The second-order valence-electron chi connectivity index (χ2n) is 6.60. The lowest BCUT2D eigenvalue weighted by Gasteiger charge is -2.44. The molecule has 6 nitrogen and oxygen atoms in total. The van der Waals surface area contributed by atoms with Crippen LogP contribution in [0.5, 0.6) is 0 Å². The Morgan fingerprint density at radius 1 is 1.08 bits per heavy atom. The molecule has 2 aromatic rings. The number of halogens is 1. The third kappa shape index (κ3) is 3.00. The summed E-state index contributed by atoms with van der Waals surface area (Å²) >= 11 is 0. The highest BCUT2D eigenvalue weighted by atomic mass is 32.2. The van der Waals surface area contributed by atoms with Crippen LogP contribution in [0.15, 0.2) is 59.5 Å². The molecule has 0 N–H and O–H groups in total. The van der Waals surface area contributed by atoms with Gasteiger partial charge in [0, 0.05) is 13.1 Å². The lowest BCUT2D eigenvalue weighted by atomic mass is 9.94. The van der Waals surface area contributed by atoms with E-state index in [1.165, 1.54) is 27.6 Å². The van der Waals surface area contributed by atoms with Crippen LogP contribution in [0, 0.1) is 5.82 Å². The molecular formula is C18H17FN2O4S. The molecule has 0 bridgehead atoms. The fourth-order valence-electron chi connectivity index (χ4n) is 3.26. The average molecular weight is 376 g/mol. The van der Waals surface area contributed by atoms with Crippen LogP contribution in [0.2, 0.25) is 0 Å². The van der Waals surface area contributed by atoms with E-state index in [2.05, 4.69) is 0 Å². The van der Waals surface area contributed by atoms with Crippen molar-refractivity contribution in [1.29, 1.82) is 0 Å². The maximum atomic E-state index is 13.3. The lowest BCUT2D eigenvalue weighted by molar-refractivity contribution is -0.228. The Hall–Kier alpha value is -2.29. The van der Waals surface area contributed by atoms with E-state index < -0.39 is 21.4 Å². The van der Waals surface area contributed by atoms with Gasteiger partial charge >= 0.3 is 0 Å². The number of hydroxylamine groups is 2. The van der Waals surface area contributed by atoms with E-state index >= 15 is 0 Å². The lowest BCUT2D eigenvalue weighted by Crippen LogP contribution is -2.63. The summed E-state index contributed by atoms with van der Waals surface area (Å²) in [6, 6.07) is 14.3. The molecule has 8 heteroatoms. The third-order valence-electron chi connectivity index (χ3n) is 4.59. The first-order valence-corrected chi connectivity index (χ1v) is 9.61. The van der Waals surface area contributed by atoms with Gasteiger partial charge in [0.1, 0.15) is 11.4 Å². The zero-order valence-electron chi connectivity index (χ0n) is 13.8. The van der Waals surface area contributed by atoms with Gasteiger partial charge in [-0.15, -0.1) is 0 Å². The Bertz CT molecular complexity index is 943. The number of benzene rings is 2. The summed E-state index contributed by atoms with van der Waals surface area (Å²) in [5, 5.41) is 1.29. The molecule has 0 unspecified atom stereocenters. The standard InChI is InChI=1S/C18H17FN2O4S/c19-15-7-4-8-16(9-15)26(23,24)20-12-18(13-20)10-17(22)21(25-18)11-14-5-2-1-3-6-14/h1-9H,10-13H2. The van der Waals surface area contributed by atoms with E-state index in [1.54, 1.807) is 0 Å². The van der Waals surface area contributed by atoms with E-state index in [9.17, 15) is 17.6 Å². The van der Waals surface area contributed by atoms with Crippen LogP contribution >= 0.6 is 0 Å². The molecule has 0 aromatic heterocycles. The first kappa shape index (κ1) is 17.1. The molecule has 2 fully saturated rings. The summed E-state index contributed by atoms with van der Waals surface area (Å²) in [7, 11) is -3.80. The molecule has 0 aliphatic carbocycles. The molecule has 2 aliphatic heterocycles. The van der Waals surface area contributed by atoms with Gasteiger partial charge in [-0.2, -0.15) is 4.31 Å². The highest BCUT2D eigenvalue weighted by Gasteiger charge is 2.56. The molecule has 2 heterocycles. The fraction of sp³-hybridized carbons (Fsp3) is 0.278. The third-order valence-corrected chi connectivity index (χ3v) is 6.37. The van der Waals surface area contributed by atoms with E-state index in [4.69, 9.17) is 4.84 Å². The van der Waals surface area contributed by atoms with Gasteiger partial charge in [0.15, 0.2) is 0 Å². The summed E-state index contributed by atoms with van der Waals surface area (Å²) in [6.07, 6.45) is 0.134. The van der Waals surface area contributed by atoms with Crippen LogP contribution in [0.3, 0.4) is 0 Å². The number of nitrogens with zero attached hydrogens (tertiary/aromatic N) is 2. The minimum Gasteiger partial charge on any atom is -0.272 e. The van der Waals surface area contributed by atoms with Gasteiger partial charge in [-0.3, -0.25) is 9.63 Å². The highest BCUT2D eigenvalue weighted by Crippen LogP contribution is 2.39. The molecule has 2 aromatic carbocycles. The van der Waals surface area contributed by atoms with Gasteiger partial charge in [-0.25, -0.2) is 17.9 Å². The topological polar surface area (TPSA) is 66.9 Å². The summed E-state index contributed by atoms with van der Waals surface area (Å²) in [5.74, 6) is -0.778. The van der Waals surface area contributed by atoms with Gasteiger partial charge in [0.2, 0.25) is 15.9 Å². The Morgan fingerprint density at radius 2 is 1.81 bits per heavy atom. The first-order chi connectivity index (χ1) is 12.4. The molecule has 2 saturated heterocycles. The van der Waals surface area contributed by atoms with Crippen LogP contribution in [0.25, 0.3) is 0 Å². The molecular weight excluding hydrogens is 359 g/mol.